The number of carbonyl (C=O) groups is 6. The quantitative estimate of drug-likeness (QED) is 0.0288. The highest BCUT2D eigenvalue weighted by Gasteiger charge is 2.47. The van der Waals surface area contributed by atoms with E-state index in [1.54, 1.807) is 53.2 Å². The van der Waals surface area contributed by atoms with Crippen LogP contribution in [0.1, 0.15) is 224 Å². The van der Waals surface area contributed by atoms with Gasteiger partial charge in [0.15, 0.2) is 15.0 Å². The van der Waals surface area contributed by atoms with Crippen LogP contribution in [0.4, 0.5) is 26.2 Å². The highest BCUT2D eigenvalue weighted by atomic mass is 32.1. The van der Waals surface area contributed by atoms with Crippen LogP contribution in [0.2, 0.25) is 0 Å². The minimum Gasteiger partial charge on any atom is -0.389 e. The largest absolute Gasteiger partial charge is 0.389 e. The monoisotopic (exact) mass is 1510 g/mol. The number of thiazole rings is 3. The fourth-order valence-electron chi connectivity index (χ4n) is 13.5. The number of aromatic nitrogens is 6. The molecule has 4 aliphatic heterocycles. The summed E-state index contributed by atoms with van der Waals surface area (Å²) in [7, 11) is 0. The van der Waals surface area contributed by atoms with Crippen molar-refractivity contribution < 1.29 is 57.6 Å². The van der Waals surface area contributed by atoms with Crippen LogP contribution in [-0.2, 0) is 4.74 Å². The van der Waals surface area contributed by atoms with E-state index in [-0.39, 0.29) is 88.7 Å². The van der Waals surface area contributed by atoms with Gasteiger partial charge in [-0.2, -0.15) is 0 Å². The zero-order valence-corrected chi connectivity index (χ0v) is 65.1. The normalized spacial score (nSPS) is 20.7. The predicted molar refractivity (Wildman–Crippen MR) is 405 cm³/mol. The second-order valence-electron chi connectivity index (χ2n) is 30.7. The Kier molecular flexibility index (Phi) is 25.5. The molecule has 12 rings (SSSR count). The van der Waals surface area contributed by atoms with Gasteiger partial charge in [-0.1, -0.05) is 13.3 Å². The lowest BCUT2D eigenvalue weighted by Gasteiger charge is -2.32. The first kappa shape index (κ1) is 79.8. The lowest BCUT2D eigenvalue weighted by atomic mass is 9.80. The number of alkyl halides is 2. The Morgan fingerprint density at radius 1 is 0.590 bits per heavy atom. The average molecular weight is 1510 g/mol. The molecular formula is C75H103F2N15O10S3. The zero-order valence-electron chi connectivity index (χ0n) is 62.7. The van der Waals surface area contributed by atoms with Gasteiger partial charge in [0.1, 0.15) is 34.5 Å². The van der Waals surface area contributed by atoms with Crippen LogP contribution in [0.25, 0.3) is 31.3 Å². The lowest BCUT2D eigenvalue weighted by molar-refractivity contribution is 0.0117. The molecule has 0 bridgehead atoms. The maximum Gasteiger partial charge on any atom is 0.280 e. The van der Waals surface area contributed by atoms with Crippen molar-refractivity contribution in [1.82, 2.24) is 60.6 Å². The summed E-state index contributed by atoms with van der Waals surface area (Å²) < 4.78 is 33.4. The minimum atomic E-state index is -2.97. The van der Waals surface area contributed by atoms with Crippen molar-refractivity contribution in [2.24, 2.45) is 11.8 Å². The fraction of sp³-hybridized carbons (Fsp3) is 0.600. The van der Waals surface area contributed by atoms with Gasteiger partial charge in [0.05, 0.1) is 57.7 Å². The third-order valence-corrected chi connectivity index (χ3v) is 23.2. The van der Waals surface area contributed by atoms with E-state index in [2.05, 4.69) is 75.7 Å². The highest BCUT2D eigenvalue weighted by molar-refractivity contribution is 7.18. The summed E-state index contributed by atoms with van der Waals surface area (Å²) in [5.41, 5.74) is 3.28. The standard InChI is InChI=1S/C26H35F2N5O3S.C26H37N5O3S.C23H31N5O4S/c1-14-9-19(31-16(3)17-7-6-8-17)29-11-18(14)21-20(24(35)33-13-26(27,28)10-15(33)2)32-23(37-21)22(34)30-12-25(4,5)36;1-6-19(17-9-10-17)29-20-12-15(2)18(13-27-20)22-21(25(33)31-11-7-8-16(31)3)30-24(35-22)23(32)28-14-26(4,5)34;1-12(2)25-18-8-13(3)15(9-24-18)20-19(23(31)28-7-5-6-14(28)4)27-22(33-20)21(30)26-16-10-32-11-17(16)29/h9,11,15-17,36H,6-8,10,12-13H2,1-5H3,(H,29,31)(H,30,34);12-13,16-17,19,34H,6-11,14H2,1-5H3,(H,27,29)(H,28,32);8-9,12,14,16-17,29H,5-7,10-11H2,1-4H3,(H,24,25)(H,26,30)/t15-,16?;16-,19-;14-,16-,17+/m000/s1. The number of halogens is 2. The molecule has 2 saturated carbocycles. The molecule has 10 heterocycles. The van der Waals surface area contributed by atoms with Gasteiger partial charge < -0.3 is 66.7 Å². The number of hydrogen-bond donors (Lipinski definition) is 9. The Bertz CT molecular complexity index is 4130. The Balaban J connectivity index is 0.000000169. The molecule has 4 saturated heterocycles. The summed E-state index contributed by atoms with van der Waals surface area (Å²) >= 11 is 3.39. The van der Waals surface area contributed by atoms with Gasteiger partial charge in [-0.15, -0.1) is 34.0 Å². The molecule has 30 heteroatoms. The molecule has 9 N–H and O–H groups in total. The van der Waals surface area contributed by atoms with Gasteiger partial charge in [0, 0.05) is 104 Å². The van der Waals surface area contributed by atoms with E-state index < -0.39 is 71.9 Å². The number of carbonyl (C=O) groups excluding carboxylic acids is 6. The number of ether oxygens (including phenoxy) is 1. The van der Waals surface area contributed by atoms with Crippen molar-refractivity contribution >= 4 is 86.9 Å². The molecule has 6 amide bonds. The van der Waals surface area contributed by atoms with Crippen LogP contribution in [0, 0.1) is 32.6 Å². The Labute approximate surface area is 625 Å². The summed E-state index contributed by atoms with van der Waals surface area (Å²) in [5.74, 6) is -1.65. The third-order valence-electron chi connectivity index (χ3n) is 19.9. The van der Waals surface area contributed by atoms with Crippen LogP contribution < -0.4 is 31.9 Å². The molecule has 570 valence electrons. The summed E-state index contributed by atoms with van der Waals surface area (Å²) in [6.45, 7) is 27.5. The molecule has 2 aliphatic carbocycles. The zero-order chi connectivity index (χ0) is 76.1. The fourth-order valence-corrected chi connectivity index (χ4v) is 16.6. The number of rotatable bonds is 23. The first-order chi connectivity index (χ1) is 49.5. The van der Waals surface area contributed by atoms with Crippen molar-refractivity contribution in [3.8, 4) is 31.3 Å². The van der Waals surface area contributed by atoms with Crippen LogP contribution in [0.3, 0.4) is 0 Å². The predicted octanol–water partition coefficient (Wildman–Crippen LogP) is 11.2. The molecule has 6 fully saturated rings. The van der Waals surface area contributed by atoms with Gasteiger partial charge in [-0.25, -0.2) is 38.7 Å². The first-order valence-electron chi connectivity index (χ1n) is 36.7. The van der Waals surface area contributed by atoms with E-state index in [4.69, 9.17) is 4.74 Å². The number of aliphatic hydroxyl groups excluding tert-OH is 1. The minimum absolute atomic E-state index is 0.0143. The molecule has 0 spiro atoms. The van der Waals surface area contributed by atoms with Crippen molar-refractivity contribution in [1.29, 1.82) is 0 Å². The summed E-state index contributed by atoms with van der Waals surface area (Å²) in [4.78, 5) is 113. The number of pyridine rings is 3. The molecule has 1 unspecified atom stereocenters. The molecule has 6 aromatic heterocycles. The van der Waals surface area contributed by atoms with Crippen molar-refractivity contribution in [2.75, 3.05) is 61.9 Å². The Morgan fingerprint density at radius 3 is 1.36 bits per heavy atom. The van der Waals surface area contributed by atoms with Crippen molar-refractivity contribution in [3.63, 3.8) is 0 Å². The second-order valence-corrected chi connectivity index (χ2v) is 33.7. The number of hydrogen-bond acceptors (Lipinski definition) is 22. The van der Waals surface area contributed by atoms with Crippen LogP contribution in [0.15, 0.2) is 36.8 Å². The second kappa shape index (κ2) is 33.6. The third kappa shape index (κ3) is 20.1. The maximum atomic E-state index is 14.1. The topological polar surface area (TPSA) is 332 Å². The molecule has 105 heavy (non-hydrogen) atoms. The highest BCUT2D eigenvalue weighted by Crippen LogP contribution is 2.42. The molecule has 6 aromatic rings. The smallest absolute Gasteiger partial charge is 0.280 e. The number of nitrogens with zero attached hydrogens (tertiary/aromatic N) is 9. The van der Waals surface area contributed by atoms with Gasteiger partial charge in [-0.3, -0.25) is 28.8 Å². The number of likely N-dealkylation sites (tertiary alicyclic amines) is 3. The van der Waals surface area contributed by atoms with Gasteiger partial charge in [0.25, 0.3) is 41.4 Å². The summed E-state index contributed by atoms with van der Waals surface area (Å²) in [6.07, 6.45) is 15.0. The Morgan fingerprint density at radius 2 is 1.02 bits per heavy atom. The number of aryl methyl sites for hydroxylation is 3. The average Bonchev–Trinajstić information content (AvgIpc) is 1.65. The van der Waals surface area contributed by atoms with E-state index in [1.807, 2.05) is 76.5 Å². The molecule has 0 radical (unpaired) electrons. The van der Waals surface area contributed by atoms with Crippen LogP contribution >= 0.6 is 34.0 Å². The number of anilines is 3. The first-order valence-corrected chi connectivity index (χ1v) is 39.1. The van der Waals surface area contributed by atoms with E-state index >= 15 is 0 Å². The molecule has 0 aromatic carbocycles. The van der Waals surface area contributed by atoms with Gasteiger partial charge in [0.2, 0.25) is 0 Å². The number of aliphatic hydroxyl groups is 3. The van der Waals surface area contributed by atoms with Crippen molar-refractivity contribution in [3.05, 3.63) is 85.6 Å². The Hall–Kier alpha value is -7.74. The molecule has 25 nitrogen and oxygen atoms in total. The van der Waals surface area contributed by atoms with Gasteiger partial charge in [-0.05, 0) is 195 Å². The van der Waals surface area contributed by atoms with Crippen LogP contribution in [0.5, 0.6) is 0 Å². The number of amides is 6. The van der Waals surface area contributed by atoms with Crippen molar-refractivity contribution in [2.45, 2.75) is 233 Å². The maximum absolute atomic E-state index is 14.1. The van der Waals surface area contributed by atoms with E-state index in [0.29, 0.717) is 56.8 Å². The van der Waals surface area contributed by atoms with E-state index in [1.165, 1.54) is 54.8 Å². The molecule has 6 aliphatic rings. The van der Waals surface area contributed by atoms with E-state index in [9.17, 15) is 52.9 Å². The molecular weight excluding hydrogens is 1410 g/mol. The SMILES string of the molecule is CC[C@H](Nc1cc(C)c(-c2sc(C(=O)NCC(C)(C)O)nc2C(=O)N2CCC[C@@H]2C)cn1)C1CC1.Cc1cc(NC(C)C)ncc1-c1sc(C(=O)N[C@H]2COC[C@H]2O)nc1C(=O)N1CCC[C@@H]1C.Cc1cc(NC(C)C2CCC2)ncc1-c1sc(C(=O)NCC(C)(C)O)nc1C(=O)N1CC(F)(F)C[C@@H]1C. The van der Waals surface area contributed by atoms with Gasteiger partial charge >= 0.3 is 0 Å². The summed E-state index contributed by atoms with van der Waals surface area (Å²) in [6, 6.07) is 5.91. The lowest BCUT2D eigenvalue weighted by Crippen LogP contribution is -2.42. The molecule has 7 atom stereocenters. The number of nitrogens with one attached hydrogen (secondary N) is 6. The van der Waals surface area contributed by atoms with Crippen LogP contribution in [-0.4, -0.2) is 207 Å². The summed E-state index contributed by atoms with van der Waals surface area (Å²) in [5, 5.41) is 48.7. The van der Waals surface area contributed by atoms with E-state index in [0.717, 1.165) is 93.7 Å².